The molecule has 19 heavy (non-hydrogen) atoms. The summed E-state index contributed by atoms with van der Waals surface area (Å²) in [5.74, 6) is -0.250. The Kier molecular flexibility index (Phi) is 6.09. The van der Waals surface area contributed by atoms with Crippen LogP contribution in [0.5, 0.6) is 0 Å². The third-order valence-corrected chi connectivity index (χ3v) is 2.37. The molecule has 0 unspecified atom stereocenters. The molecule has 9 nitrogen and oxygen atoms in total. The number of aromatic nitrogens is 4. The van der Waals surface area contributed by atoms with Crippen LogP contribution in [0.25, 0.3) is 0 Å². The van der Waals surface area contributed by atoms with Crippen molar-refractivity contribution in [2.75, 3.05) is 6.61 Å². The molecule has 0 N–H and O–H groups in total. The van der Waals surface area contributed by atoms with Crippen LogP contribution in [0.2, 0.25) is 0 Å². The monoisotopic (exact) mass is 285 g/mol. The van der Waals surface area contributed by atoms with Crippen molar-refractivity contribution in [1.82, 2.24) is 20.0 Å². The van der Waals surface area contributed by atoms with Crippen molar-refractivity contribution in [3.05, 3.63) is 32.9 Å². The number of carbonyl (C=O) groups excluding carboxylic acids is 1. The van der Waals surface area contributed by atoms with Gasteiger partial charge in [0.05, 0.1) is 22.9 Å². The van der Waals surface area contributed by atoms with Gasteiger partial charge in [0.25, 0.3) is 6.47 Å². The van der Waals surface area contributed by atoms with Gasteiger partial charge in [0.1, 0.15) is 6.54 Å². The van der Waals surface area contributed by atoms with Crippen molar-refractivity contribution in [2.24, 2.45) is 0 Å². The van der Waals surface area contributed by atoms with E-state index in [1.54, 1.807) is 12.4 Å². The largest absolute Gasteiger partial charge is 0.468 e. The molecule has 0 aromatic carbocycles. The van der Waals surface area contributed by atoms with Crippen LogP contribution in [-0.2, 0) is 16.1 Å². The van der Waals surface area contributed by atoms with Crippen LogP contribution in [0.1, 0.15) is 12.6 Å². The predicted octanol–water partition coefficient (Wildman–Crippen LogP) is 0.870. The smallest absolute Gasteiger partial charge is 0.410 e. The van der Waals surface area contributed by atoms with Crippen molar-refractivity contribution in [1.29, 1.82) is 0 Å². The van der Waals surface area contributed by atoms with E-state index < -0.39 is 4.92 Å². The molecule has 2 rings (SSSR count). The fourth-order valence-corrected chi connectivity index (χ4v) is 1.53. The van der Waals surface area contributed by atoms with Gasteiger partial charge in [-0.05, 0) is 11.8 Å². The molecule has 102 valence electrons. The van der Waals surface area contributed by atoms with Crippen LogP contribution in [0, 0.1) is 10.1 Å². The summed E-state index contributed by atoms with van der Waals surface area (Å²) < 4.78 is 4.15. The van der Waals surface area contributed by atoms with Gasteiger partial charge < -0.3 is 14.9 Å². The van der Waals surface area contributed by atoms with Gasteiger partial charge in [-0.2, -0.15) is 0 Å². The molecule has 0 aliphatic rings. The molecule has 2 aromatic rings. The summed E-state index contributed by atoms with van der Waals surface area (Å²) in [7, 11) is 0. The average molecular weight is 285 g/mol. The second-order valence-electron chi connectivity index (χ2n) is 3.02. The van der Waals surface area contributed by atoms with Crippen molar-refractivity contribution in [2.45, 2.75) is 13.5 Å². The van der Waals surface area contributed by atoms with E-state index in [1.807, 2.05) is 5.38 Å². The first kappa shape index (κ1) is 14.7. The van der Waals surface area contributed by atoms with Crippen molar-refractivity contribution >= 4 is 23.6 Å². The first-order valence-electron chi connectivity index (χ1n) is 5.14. The second-order valence-corrected chi connectivity index (χ2v) is 3.74. The number of hydrogen-bond donors (Lipinski definition) is 0. The average Bonchev–Trinajstić information content (AvgIpc) is 3.03. The van der Waals surface area contributed by atoms with Crippen LogP contribution in [0.4, 0.5) is 5.82 Å². The first-order valence-corrected chi connectivity index (χ1v) is 6.08. The van der Waals surface area contributed by atoms with Crippen LogP contribution < -0.4 is 0 Å². The Morgan fingerprint density at radius 1 is 1.63 bits per heavy atom. The minimum Gasteiger partial charge on any atom is -0.468 e. The maximum Gasteiger partial charge on any atom is 0.410 e. The van der Waals surface area contributed by atoms with Gasteiger partial charge in [-0.25, -0.2) is 4.98 Å². The molecule has 0 amide bonds. The van der Waals surface area contributed by atoms with Gasteiger partial charge in [-0.1, -0.05) is 4.80 Å². The van der Waals surface area contributed by atoms with E-state index in [-0.39, 0.29) is 5.82 Å². The Hall–Kier alpha value is -2.36. The third kappa shape index (κ3) is 5.21. The highest BCUT2D eigenvalue weighted by Crippen LogP contribution is 2.05. The van der Waals surface area contributed by atoms with Gasteiger partial charge >= 0.3 is 5.82 Å². The lowest BCUT2D eigenvalue weighted by atomic mass is 10.5. The molecular weight excluding hydrogens is 274 g/mol. The molecule has 0 atom stereocenters. The van der Waals surface area contributed by atoms with E-state index in [9.17, 15) is 14.9 Å². The highest BCUT2D eigenvalue weighted by Gasteiger charge is 2.12. The maximum atomic E-state index is 10.3. The number of rotatable bonds is 5. The first-order chi connectivity index (χ1) is 9.17. The molecule has 0 radical (unpaired) electrons. The van der Waals surface area contributed by atoms with Crippen LogP contribution in [0.15, 0.2) is 17.1 Å². The number of ether oxygens (including phenoxy) is 1. The lowest BCUT2D eigenvalue weighted by molar-refractivity contribution is -0.389. The molecule has 10 heteroatoms. The summed E-state index contributed by atoms with van der Waals surface area (Å²) >= 11 is 1.46. The van der Waals surface area contributed by atoms with E-state index in [4.69, 9.17) is 0 Å². The minimum absolute atomic E-state index is 0.250. The standard InChI is InChI=1S/C6H5N5O2S.C3H6O2/c12-11(13)6-1-8-10(9-6)2-5-3-14-4-7-5;1-2-5-3-4/h1,3-4H,2H2;3H,2H2,1H3. The summed E-state index contributed by atoms with van der Waals surface area (Å²) in [6.45, 7) is 3.02. The SMILES string of the molecule is CCOC=O.O=[N+]([O-])c1cnn(Cc2cscn2)n1. The molecule has 0 saturated heterocycles. The summed E-state index contributed by atoms with van der Waals surface area (Å²) in [6, 6.07) is 0. The van der Waals surface area contributed by atoms with E-state index in [1.165, 1.54) is 16.1 Å². The lowest BCUT2D eigenvalue weighted by Gasteiger charge is -1.88. The van der Waals surface area contributed by atoms with E-state index >= 15 is 0 Å². The molecule has 0 spiro atoms. The Morgan fingerprint density at radius 2 is 2.42 bits per heavy atom. The topological polar surface area (TPSA) is 113 Å². The number of carbonyl (C=O) groups is 1. The van der Waals surface area contributed by atoms with Crippen LogP contribution >= 0.6 is 11.3 Å². The van der Waals surface area contributed by atoms with Gasteiger partial charge in [-0.3, -0.25) is 4.79 Å². The summed E-state index contributed by atoms with van der Waals surface area (Å²) in [5.41, 5.74) is 2.48. The minimum atomic E-state index is -0.579. The molecule has 0 aliphatic carbocycles. The molecule has 2 heterocycles. The Balaban J connectivity index is 0.000000312. The van der Waals surface area contributed by atoms with Gasteiger partial charge in [-0.15, -0.1) is 16.4 Å². The van der Waals surface area contributed by atoms with Crippen molar-refractivity contribution < 1.29 is 14.5 Å². The Bertz CT molecular complexity index is 512. The highest BCUT2D eigenvalue weighted by atomic mass is 32.1. The third-order valence-electron chi connectivity index (χ3n) is 1.73. The summed E-state index contributed by atoms with van der Waals surface area (Å²) in [4.78, 5) is 24.2. The number of nitrogens with zero attached hydrogens (tertiary/aromatic N) is 5. The molecule has 2 aromatic heterocycles. The summed E-state index contributed by atoms with van der Waals surface area (Å²) in [6.07, 6.45) is 1.12. The number of hydrogen-bond acceptors (Lipinski definition) is 8. The zero-order valence-electron chi connectivity index (χ0n) is 10.0. The predicted molar refractivity (Wildman–Crippen MR) is 65.6 cm³/mol. The van der Waals surface area contributed by atoms with Crippen molar-refractivity contribution in [3.63, 3.8) is 0 Å². The fraction of sp³-hybridized carbons (Fsp3) is 0.333. The Labute approximate surface area is 112 Å². The zero-order valence-corrected chi connectivity index (χ0v) is 10.8. The van der Waals surface area contributed by atoms with E-state index in [0.29, 0.717) is 19.6 Å². The van der Waals surface area contributed by atoms with Gasteiger partial charge in [0, 0.05) is 5.38 Å². The highest BCUT2D eigenvalue weighted by molar-refractivity contribution is 7.07. The van der Waals surface area contributed by atoms with E-state index in [2.05, 4.69) is 19.9 Å². The normalized spacial score (nSPS) is 9.32. The summed E-state index contributed by atoms with van der Waals surface area (Å²) in [5, 5.41) is 19.5. The molecule has 0 fully saturated rings. The van der Waals surface area contributed by atoms with Crippen LogP contribution in [-0.4, -0.2) is 38.0 Å². The molecule has 0 aliphatic heterocycles. The molecule has 0 saturated carbocycles. The molecule has 0 bridgehead atoms. The van der Waals surface area contributed by atoms with Crippen LogP contribution in [0.3, 0.4) is 0 Å². The maximum absolute atomic E-state index is 10.3. The van der Waals surface area contributed by atoms with Gasteiger partial charge in [0.15, 0.2) is 6.20 Å². The quantitative estimate of drug-likeness (QED) is 0.455. The molecular formula is C9H11N5O4S. The zero-order chi connectivity index (χ0) is 14.1. The number of thiazole rings is 1. The second kappa shape index (κ2) is 7.87. The van der Waals surface area contributed by atoms with Gasteiger partial charge in [0.2, 0.25) is 0 Å². The number of nitro groups is 1. The lowest BCUT2D eigenvalue weighted by Crippen LogP contribution is -2.04. The van der Waals surface area contributed by atoms with Crippen molar-refractivity contribution in [3.8, 4) is 0 Å². The van der Waals surface area contributed by atoms with E-state index in [0.717, 1.165) is 11.9 Å². The fourth-order valence-electron chi connectivity index (χ4n) is 0.977. The Morgan fingerprint density at radius 3 is 2.84 bits per heavy atom.